The minimum atomic E-state index is 0.472. The number of hydrogen-bond acceptors (Lipinski definition) is 1. The Morgan fingerprint density at radius 3 is 1.84 bits per heavy atom. The van der Waals surface area contributed by atoms with Crippen molar-refractivity contribution in [2.24, 2.45) is 17.8 Å². The first-order chi connectivity index (χ1) is 9.14. The Kier molecular flexibility index (Phi) is 2.46. The highest BCUT2D eigenvalue weighted by molar-refractivity contribution is 5.41. The summed E-state index contributed by atoms with van der Waals surface area (Å²) >= 11 is 0. The normalized spacial score (nSPS) is 39.6. The molecule has 1 heterocycles. The van der Waals surface area contributed by atoms with Crippen LogP contribution in [-0.4, -0.2) is 14.1 Å². The predicted octanol–water partition coefficient (Wildman–Crippen LogP) is 2.97. The Bertz CT molecular complexity index is 439. The Morgan fingerprint density at radius 1 is 0.947 bits per heavy atom. The number of rotatable bonds is 2. The third-order valence-corrected chi connectivity index (χ3v) is 5.88. The topological polar surface area (TPSA) is 7.12 Å². The number of pyridine rings is 1. The molecule has 1 aromatic rings. The Morgan fingerprint density at radius 2 is 1.42 bits per heavy atom. The minimum Gasteiger partial charge on any atom is -0.377 e. The van der Waals surface area contributed by atoms with Crippen molar-refractivity contribution in [3.8, 4) is 0 Å². The third-order valence-electron chi connectivity index (χ3n) is 5.88. The van der Waals surface area contributed by atoms with E-state index in [1.807, 2.05) is 0 Å². The molecule has 0 N–H and O–H groups in total. The molecule has 2 nitrogen and oxygen atoms in total. The fourth-order valence-corrected chi connectivity index (χ4v) is 5.41. The summed E-state index contributed by atoms with van der Waals surface area (Å²) in [5.74, 6) is 3.06. The summed E-state index contributed by atoms with van der Waals surface area (Å²) in [5.41, 5.74) is 1.78. The summed E-state index contributed by atoms with van der Waals surface area (Å²) in [4.78, 5) is 2.18. The molecule has 19 heavy (non-hydrogen) atoms. The van der Waals surface area contributed by atoms with Crippen molar-refractivity contribution < 1.29 is 4.57 Å². The molecule has 0 radical (unpaired) electrons. The van der Waals surface area contributed by atoms with Crippen LogP contribution in [0.15, 0.2) is 24.5 Å². The van der Waals surface area contributed by atoms with Crippen LogP contribution >= 0.6 is 0 Å². The lowest BCUT2D eigenvalue weighted by Crippen LogP contribution is -2.64. The fraction of sp³-hybridized carbons (Fsp3) is 0.706. The molecule has 0 atom stereocenters. The Balaban J connectivity index is 1.67. The third kappa shape index (κ3) is 1.79. The number of aromatic nitrogens is 1. The molecule has 2 heteroatoms. The van der Waals surface area contributed by atoms with Gasteiger partial charge >= 0.3 is 0 Å². The molecule has 0 aliphatic heterocycles. The van der Waals surface area contributed by atoms with Gasteiger partial charge < -0.3 is 4.90 Å². The Hall–Kier alpha value is -1.05. The van der Waals surface area contributed by atoms with Crippen molar-refractivity contribution in [2.45, 2.75) is 44.1 Å². The smallest absolute Gasteiger partial charge is 0.171 e. The van der Waals surface area contributed by atoms with E-state index in [2.05, 4.69) is 48.1 Å². The van der Waals surface area contributed by atoms with Gasteiger partial charge in [0.2, 0.25) is 0 Å². The van der Waals surface area contributed by atoms with Gasteiger partial charge in [-0.15, -0.1) is 0 Å². The average Bonchev–Trinajstić information content (AvgIpc) is 2.37. The molecular weight excluding hydrogens is 232 g/mol. The van der Waals surface area contributed by atoms with Gasteiger partial charge in [-0.2, -0.15) is 4.57 Å². The molecule has 4 bridgehead atoms. The Labute approximate surface area is 116 Å². The molecule has 0 spiro atoms. The van der Waals surface area contributed by atoms with E-state index in [-0.39, 0.29) is 0 Å². The summed E-state index contributed by atoms with van der Waals surface area (Å²) in [5, 5.41) is 0. The number of nitrogens with zero attached hydrogens (tertiary/aromatic N) is 2. The van der Waals surface area contributed by atoms with Crippen molar-refractivity contribution >= 4 is 5.69 Å². The molecule has 4 aliphatic rings. The SMILES string of the molecule is CN(C)c1cc[n+](C23CC4CC(CC(C4)C2)C3)cc1. The van der Waals surface area contributed by atoms with Crippen molar-refractivity contribution in [1.29, 1.82) is 0 Å². The van der Waals surface area contributed by atoms with Crippen LogP contribution in [0.5, 0.6) is 0 Å². The highest BCUT2D eigenvalue weighted by Gasteiger charge is 2.56. The van der Waals surface area contributed by atoms with Gasteiger partial charge in [0.25, 0.3) is 0 Å². The van der Waals surface area contributed by atoms with Gasteiger partial charge in [0.05, 0.1) is 0 Å². The van der Waals surface area contributed by atoms with Crippen LogP contribution in [0.3, 0.4) is 0 Å². The van der Waals surface area contributed by atoms with Gasteiger partial charge in [-0.05, 0) is 37.0 Å². The van der Waals surface area contributed by atoms with Crippen LogP contribution in [0.4, 0.5) is 5.69 Å². The minimum absolute atomic E-state index is 0.472. The van der Waals surface area contributed by atoms with E-state index in [0.717, 1.165) is 17.8 Å². The molecule has 4 saturated carbocycles. The first kappa shape index (κ1) is 11.7. The van der Waals surface area contributed by atoms with E-state index < -0.39 is 0 Å². The summed E-state index contributed by atoms with van der Waals surface area (Å²) in [7, 11) is 4.23. The molecule has 4 fully saturated rings. The maximum Gasteiger partial charge on any atom is 0.171 e. The van der Waals surface area contributed by atoms with Gasteiger partial charge in [-0.25, -0.2) is 0 Å². The summed E-state index contributed by atoms with van der Waals surface area (Å²) in [6.45, 7) is 0. The second-order valence-corrected chi connectivity index (χ2v) is 7.50. The largest absolute Gasteiger partial charge is 0.377 e. The second-order valence-electron chi connectivity index (χ2n) is 7.50. The van der Waals surface area contributed by atoms with Crippen LogP contribution in [-0.2, 0) is 5.54 Å². The van der Waals surface area contributed by atoms with Crippen molar-refractivity contribution in [2.75, 3.05) is 19.0 Å². The zero-order chi connectivity index (χ0) is 13.0. The van der Waals surface area contributed by atoms with Crippen LogP contribution in [0.1, 0.15) is 38.5 Å². The highest BCUT2D eigenvalue weighted by atomic mass is 15.1. The van der Waals surface area contributed by atoms with Crippen molar-refractivity contribution in [3.05, 3.63) is 24.5 Å². The highest BCUT2D eigenvalue weighted by Crippen LogP contribution is 2.56. The molecule has 4 aliphatic carbocycles. The zero-order valence-corrected chi connectivity index (χ0v) is 12.2. The molecule has 1 aromatic heterocycles. The fourth-order valence-electron chi connectivity index (χ4n) is 5.41. The number of hydrogen-bond donors (Lipinski definition) is 0. The van der Waals surface area contributed by atoms with E-state index >= 15 is 0 Å². The van der Waals surface area contributed by atoms with Crippen molar-refractivity contribution in [3.63, 3.8) is 0 Å². The molecule has 0 aromatic carbocycles. The molecule has 0 saturated heterocycles. The standard InChI is InChI=1S/C17H25N2/c1-18(2)16-3-5-19(6-4-16)17-10-13-7-14(11-17)9-15(8-13)12-17/h3-6,13-15H,7-12H2,1-2H3/q+1. The monoisotopic (exact) mass is 257 g/mol. The van der Waals surface area contributed by atoms with Crippen LogP contribution in [0, 0.1) is 17.8 Å². The molecule has 0 unspecified atom stereocenters. The van der Waals surface area contributed by atoms with E-state index in [1.165, 1.54) is 44.2 Å². The quantitative estimate of drug-likeness (QED) is 0.739. The lowest BCUT2D eigenvalue weighted by atomic mass is 9.53. The van der Waals surface area contributed by atoms with Gasteiger partial charge in [0.15, 0.2) is 17.9 Å². The van der Waals surface area contributed by atoms with Gasteiger partial charge in [-0.1, -0.05) is 0 Å². The van der Waals surface area contributed by atoms with Crippen LogP contribution < -0.4 is 9.47 Å². The van der Waals surface area contributed by atoms with E-state index in [4.69, 9.17) is 0 Å². The first-order valence-electron chi connectivity index (χ1n) is 7.84. The molecule has 102 valence electrons. The zero-order valence-electron chi connectivity index (χ0n) is 12.2. The lowest BCUT2D eigenvalue weighted by Gasteiger charge is -2.53. The maximum atomic E-state index is 2.56. The van der Waals surface area contributed by atoms with Crippen LogP contribution in [0.2, 0.25) is 0 Å². The van der Waals surface area contributed by atoms with Crippen LogP contribution in [0.25, 0.3) is 0 Å². The van der Waals surface area contributed by atoms with E-state index in [9.17, 15) is 0 Å². The van der Waals surface area contributed by atoms with Gasteiger partial charge in [0.1, 0.15) is 0 Å². The lowest BCUT2D eigenvalue weighted by molar-refractivity contribution is -0.776. The molecular formula is C17H25N2+. The summed E-state index contributed by atoms with van der Waals surface area (Å²) < 4.78 is 2.56. The predicted molar refractivity (Wildman–Crippen MR) is 77.1 cm³/mol. The summed E-state index contributed by atoms with van der Waals surface area (Å²) in [6, 6.07) is 4.55. The average molecular weight is 257 g/mol. The molecule has 0 amide bonds. The first-order valence-corrected chi connectivity index (χ1v) is 7.84. The van der Waals surface area contributed by atoms with Gasteiger partial charge in [-0.3, -0.25) is 0 Å². The maximum absolute atomic E-state index is 2.56. The second kappa shape index (κ2) is 3.97. The van der Waals surface area contributed by atoms with Gasteiger partial charge in [0, 0.05) is 51.2 Å². The summed E-state index contributed by atoms with van der Waals surface area (Å²) in [6.07, 6.45) is 13.5. The van der Waals surface area contributed by atoms with E-state index in [1.54, 1.807) is 0 Å². The van der Waals surface area contributed by atoms with Crippen molar-refractivity contribution in [1.82, 2.24) is 0 Å². The number of anilines is 1. The molecule has 5 rings (SSSR count). The van der Waals surface area contributed by atoms with E-state index in [0.29, 0.717) is 5.54 Å².